The number of hydrogen-bond donors (Lipinski definition) is 1. The van der Waals surface area contributed by atoms with Gasteiger partial charge in [-0.2, -0.15) is 0 Å². The molecule has 0 unspecified atom stereocenters. The zero-order valence-corrected chi connectivity index (χ0v) is 13.4. The molecule has 2 N–H and O–H groups in total. The Morgan fingerprint density at radius 3 is 2.62 bits per heavy atom. The quantitative estimate of drug-likeness (QED) is 0.653. The van der Waals surface area contributed by atoms with Gasteiger partial charge in [-0.25, -0.2) is 4.68 Å². The van der Waals surface area contributed by atoms with Gasteiger partial charge in [-0.05, 0) is 53.8 Å². The van der Waals surface area contributed by atoms with Crippen molar-refractivity contribution in [2.75, 3.05) is 5.73 Å². The predicted molar refractivity (Wildman–Crippen MR) is 85.8 cm³/mol. The third kappa shape index (κ3) is 3.80. The van der Waals surface area contributed by atoms with Crippen LogP contribution in [0.3, 0.4) is 0 Å². The maximum Gasteiger partial charge on any atom is 0.182 e. The topological polar surface area (TPSA) is 69.6 Å². The number of aryl methyl sites for hydroxylation is 3. The normalized spacial score (nSPS) is 11.3. The molecule has 0 atom stereocenters. The van der Waals surface area contributed by atoms with Gasteiger partial charge in [0.05, 0.1) is 0 Å². The highest BCUT2D eigenvalue weighted by atomic mass is 15.5. The maximum atomic E-state index is 6.02. The average Bonchev–Trinajstić information content (AvgIpc) is 2.87. The van der Waals surface area contributed by atoms with Crippen LogP contribution in [0, 0.1) is 19.8 Å². The van der Waals surface area contributed by atoms with Gasteiger partial charge in [-0.15, -0.1) is 5.10 Å². The van der Waals surface area contributed by atoms with E-state index >= 15 is 0 Å². The van der Waals surface area contributed by atoms with Crippen molar-refractivity contribution >= 4 is 5.69 Å². The van der Waals surface area contributed by atoms with Crippen LogP contribution >= 0.6 is 0 Å². The Balaban J connectivity index is 2.15. The molecule has 5 nitrogen and oxygen atoms in total. The first-order chi connectivity index (χ1) is 9.99. The van der Waals surface area contributed by atoms with Gasteiger partial charge >= 0.3 is 0 Å². The highest BCUT2D eigenvalue weighted by Gasteiger charge is 2.12. The minimum Gasteiger partial charge on any atom is -0.398 e. The number of aromatic nitrogens is 4. The maximum absolute atomic E-state index is 6.02. The van der Waals surface area contributed by atoms with Gasteiger partial charge in [-0.1, -0.05) is 32.8 Å². The summed E-state index contributed by atoms with van der Waals surface area (Å²) in [5.74, 6) is 1.56. The van der Waals surface area contributed by atoms with Crippen molar-refractivity contribution in [2.24, 2.45) is 5.92 Å². The second-order valence-corrected chi connectivity index (χ2v) is 6.14. The van der Waals surface area contributed by atoms with E-state index in [0.29, 0.717) is 0 Å². The fraction of sp³-hybridized carbons (Fsp3) is 0.562. The molecule has 0 bridgehead atoms. The number of rotatable bonds is 6. The SMILES string of the molecule is Cc1cc(C)c(-c2nnnn2CCCCC(C)C)cc1N. The summed E-state index contributed by atoms with van der Waals surface area (Å²) in [4.78, 5) is 0. The van der Waals surface area contributed by atoms with E-state index in [1.807, 2.05) is 17.7 Å². The minimum absolute atomic E-state index is 0.748. The van der Waals surface area contributed by atoms with Crippen LogP contribution in [0.15, 0.2) is 12.1 Å². The molecule has 2 aromatic rings. The van der Waals surface area contributed by atoms with E-state index in [2.05, 4.69) is 42.4 Å². The van der Waals surface area contributed by atoms with E-state index in [1.165, 1.54) is 12.8 Å². The lowest BCUT2D eigenvalue weighted by molar-refractivity contribution is 0.487. The summed E-state index contributed by atoms with van der Waals surface area (Å²) in [6.45, 7) is 9.44. The lowest BCUT2D eigenvalue weighted by atomic mass is 10.0. The van der Waals surface area contributed by atoms with E-state index in [4.69, 9.17) is 5.73 Å². The summed E-state index contributed by atoms with van der Waals surface area (Å²) in [5, 5.41) is 12.1. The van der Waals surface area contributed by atoms with Gasteiger partial charge in [0.25, 0.3) is 0 Å². The first-order valence-electron chi connectivity index (χ1n) is 7.62. The largest absolute Gasteiger partial charge is 0.398 e. The van der Waals surface area contributed by atoms with Crippen molar-refractivity contribution in [1.29, 1.82) is 0 Å². The van der Waals surface area contributed by atoms with Crippen LogP contribution in [0.1, 0.15) is 44.2 Å². The molecule has 0 aliphatic carbocycles. The number of nitrogens with two attached hydrogens (primary N) is 1. The van der Waals surface area contributed by atoms with Crippen molar-refractivity contribution < 1.29 is 0 Å². The molecular formula is C16H25N5. The Bertz CT molecular complexity index is 601. The monoisotopic (exact) mass is 287 g/mol. The van der Waals surface area contributed by atoms with Crippen LogP contribution in [0.4, 0.5) is 5.69 Å². The van der Waals surface area contributed by atoms with Gasteiger partial charge in [0.15, 0.2) is 5.82 Å². The lowest BCUT2D eigenvalue weighted by Gasteiger charge is -2.10. The molecule has 0 fully saturated rings. The summed E-state index contributed by atoms with van der Waals surface area (Å²) in [7, 11) is 0. The molecule has 0 aliphatic rings. The third-order valence-electron chi connectivity index (χ3n) is 3.79. The van der Waals surface area contributed by atoms with Gasteiger partial charge in [0.1, 0.15) is 0 Å². The smallest absolute Gasteiger partial charge is 0.182 e. The number of anilines is 1. The first kappa shape index (κ1) is 15.5. The van der Waals surface area contributed by atoms with Crippen LogP contribution < -0.4 is 5.73 Å². The Morgan fingerprint density at radius 2 is 1.90 bits per heavy atom. The predicted octanol–water partition coefficient (Wildman–Crippen LogP) is 3.37. The fourth-order valence-corrected chi connectivity index (χ4v) is 2.47. The van der Waals surface area contributed by atoms with Crippen LogP contribution in [0.5, 0.6) is 0 Å². The Morgan fingerprint density at radius 1 is 1.14 bits per heavy atom. The molecule has 0 amide bonds. The lowest BCUT2D eigenvalue weighted by Crippen LogP contribution is -2.05. The minimum atomic E-state index is 0.748. The van der Waals surface area contributed by atoms with Crippen LogP contribution in [-0.2, 0) is 6.54 Å². The number of benzene rings is 1. The molecule has 2 rings (SSSR count). The fourth-order valence-electron chi connectivity index (χ4n) is 2.47. The molecule has 0 aliphatic heterocycles. The molecule has 1 aromatic carbocycles. The summed E-state index contributed by atoms with van der Waals surface area (Å²) < 4.78 is 1.89. The molecule has 0 saturated carbocycles. The van der Waals surface area contributed by atoms with Gasteiger partial charge in [-0.3, -0.25) is 0 Å². The first-order valence-corrected chi connectivity index (χ1v) is 7.62. The molecule has 1 heterocycles. The summed E-state index contributed by atoms with van der Waals surface area (Å²) >= 11 is 0. The van der Waals surface area contributed by atoms with E-state index in [9.17, 15) is 0 Å². The second kappa shape index (κ2) is 6.70. The number of unbranched alkanes of at least 4 members (excludes halogenated alkanes) is 1. The van der Waals surface area contributed by atoms with Crippen molar-refractivity contribution in [3.63, 3.8) is 0 Å². The summed E-state index contributed by atoms with van der Waals surface area (Å²) in [6, 6.07) is 4.06. The molecule has 21 heavy (non-hydrogen) atoms. The average molecular weight is 287 g/mol. The van der Waals surface area contributed by atoms with Gasteiger partial charge < -0.3 is 5.73 Å². The summed E-state index contributed by atoms with van der Waals surface area (Å²) in [6.07, 6.45) is 3.54. The molecule has 1 aromatic heterocycles. The van der Waals surface area contributed by atoms with E-state index in [1.54, 1.807) is 0 Å². The molecule has 0 spiro atoms. The highest BCUT2D eigenvalue weighted by Crippen LogP contribution is 2.26. The highest BCUT2D eigenvalue weighted by molar-refractivity contribution is 5.67. The molecule has 5 heteroatoms. The van der Waals surface area contributed by atoms with E-state index < -0.39 is 0 Å². The van der Waals surface area contributed by atoms with Gasteiger partial charge in [0.2, 0.25) is 0 Å². The standard InChI is InChI=1S/C16H25N5/c1-11(2)7-5-6-8-21-16(18-19-20-21)14-10-15(17)13(4)9-12(14)3/h9-11H,5-8,17H2,1-4H3. The zero-order chi connectivity index (χ0) is 15.4. The summed E-state index contributed by atoms with van der Waals surface area (Å²) in [5.41, 5.74) is 10.1. The third-order valence-corrected chi connectivity index (χ3v) is 3.79. The molecule has 114 valence electrons. The second-order valence-electron chi connectivity index (χ2n) is 6.14. The number of nitrogen functional groups attached to an aromatic ring is 1. The zero-order valence-electron chi connectivity index (χ0n) is 13.4. The molecular weight excluding hydrogens is 262 g/mol. The van der Waals surface area contributed by atoms with Gasteiger partial charge in [0, 0.05) is 17.8 Å². The number of hydrogen-bond acceptors (Lipinski definition) is 4. The van der Waals surface area contributed by atoms with Crippen molar-refractivity contribution in [3.05, 3.63) is 23.3 Å². The van der Waals surface area contributed by atoms with Crippen molar-refractivity contribution in [2.45, 2.75) is 53.5 Å². The Labute approximate surface area is 126 Å². The van der Waals surface area contributed by atoms with Crippen molar-refractivity contribution in [3.8, 4) is 11.4 Å². The van der Waals surface area contributed by atoms with Crippen LogP contribution in [-0.4, -0.2) is 20.2 Å². The number of tetrazole rings is 1. The van der Waals surface area contributed by atoms with E-state index in [-0.39, 0.29) is 0 Å². The molecule has 0 saturated heterocycles. The van der Waals surface area contributed by atoms with Crippen LogP contribution in [0.2, 0.25) is 0 Å². The number of nitrogens with zero attached hydrogens (tertiary/aromatic N) is 4. The molecule has 0 radical (unpaired) electrons. The van der Waals surface area contributed by atoms with E-state index in [0.717, 1.165) is 47.1 Å². The van der Waals surface area contributed by atoms with Crippen LogP contribution in [0.25, 0.3) is 11.4 Å². The Hall–Kier alpha value is -1.91. The van der Waals surface area contributed by atoms with Crippen molar-refractivity contribution in [1.82, 2.24) is 20.2 Å². The Kier molecular flexibility index (Phi) is 4.94.